The molecule has 27 heavy (non-hydrogen) atoms. The fourth-order valence-corrected chi connectivity index (χ4v) is 2.27. The average Bonchev–Trinajstić information content (AvgIpc) is 2.61. The van der Waals surface area contributed by atoms with Gasteiger partial charge in [0.2, 0.25) is 0 Å². The molecule has 0 aromatic heterocycles. The van der Waals surface area contributed by atoms with Crippen LogP contribution in [0.3, 0.4) is 0 Å². The molecule has 2 aromatic rings. The summed E-state index contributed by atoms with van der Waals surface area (Å²) in [6, 6.07) is 9.00. The predicted molar refractivity (Wildman–Crippen MR) is 99.8 cm³/mol. The number of carbonyl (C=O) groups excluding carboxylic acids is 1. The van der Waals surface area contributed by atoms with Crippen molar-refractivity contribution in [2.24, 2.45) is 10.8 Å². The molecule has 144 valence electrons. The van der Waals surface area contributed by atoms with Crippen molar-refractivity contribution in [1.29, 1.82) is 0 Å². The van der Waals surface area contributed by atoms with Crippen LogP contribution in [0.15, 0.2) is 47.5 Å². The van der Waals surface area contributed by atoms with E-state index in [1.165, 1.54) is 17.4 Å². The summed E-state index contributed by atoms with van der Waals surface area (Å²) >= 11 is 5.54. The largest absolute Gasteiger partial charge is 0.417 e. The Balaban J connectivity index is 2.00. The third kappa shape index (κ3) is 5.76. The highest BCUT2D eigenvalue weighted by molar-refractivity contribution is 6.31. The number of urea groups is 1. The Bertz CT molecular complexity index is 843. The Morgan fingerprint density at radius 3 is 2.63 bits per heavy atom. The van der Waals surface area contributed by atoms with Crippen LogP contribution in [0.2, 0.25) is 5.02 Å². The Labute approximate surface area is 157 Å². The second kappa shape index (κ2) is 8.60. The van der Waals surface area contributed by atoms with Crippen molar-refractivity contribution >= 4 is 41.0 Å². The van der Waals surface area contributed by atoms with Gasteiger partial charge in [0.25, 0.3) is 0 Å². The second-order valence-electron chi connectivity index (χ2n) is 5.23. The Morgan fingerprint density at radius 1 is 1.22 bits per heavy atom. The van der Waals surface area contributed by atoms with Gasteiger partial charge in [0.05, 0.1) is 22.0 Å². The monoisotopic (exact) mass is 400 g/mol. The van der Waals surface area contributed by atoms with E-state index in [1.54, 1.807) is 31.3 Å². The molecular formula is C16H16ClF3N6O. The van der Waals surface area contributed by atoms with Crippen LogP contribution in [-0.4, -0.2) is 19.4 Å². The highest BCUT2D eigenvalue weighted by atomic mass is 35.5. The number of amides is 2. The SMILES string of the molecule is C/N=C\N(N)c1cccc(NNC(=O)Nc2ccc(Cl)c(C(F)(F)F)c2)c1. The molecule has 0 aliphatic carbocycles. The molecule has 0 heterocycles. The zero-order valence-corrected chi connectivity index (χ0v) is 14.8. The third-order valence-electron chi connectivity index (χ3n) is 3.23. The molecule has 0 fully saturated rings. The van der Waals surface area contributed by atoms with E-state index in [9.17, 15) is 18.0 Å². The Hall–Kier alpha value is -2.98. The lowest BCUT2D eigenvalue weighted by Crippen LogP contribution is -2.34. The van der Waals surface area contributed by atoms with E-state index in [1.807, 2.05) is 0 Å². The topological polar surface area (TPSA) is 94.8 Å². The smallest absolute Gasteiger partial charge is 0.307 e. The lowest BCUT2D eigenvalue weighted by Gasteiger charge is -2.15. The van der Waals surface area contributed by atoms with Crippen LogP contribution in [0.5, 0.6) is 0 Å². The molecule has 0 saturated carbocycles. The third-order valence-corrected chi connectivity index (χ3v) is 3.56. The van der Waals surface area contributed by atoms with Crippen molar-refractivity contribution in [3.05, 3.63) is 53.1 Å². The maximum atomic E-state index is 12.8. The van der Waals surface area contributed by atoms with Crippen LogP contribution in [0.1, 0.15) is 5.56 Å². The highest BCUT2D eigenvalue weighted by Gasteiger charge is 2.33. The molecule has 2 aromatic carbocycles. The summed E-state index contributed by atoms with van der Waals surface area (Å²) in [5, 5.41) is 3.10. The minimum Gasteiger partial charge on any atom is -0.307 e. The van der Waals surface area contributed by atoms with E-state index in [0.717, 1.165) is 12.1 Å². The minimum atomic E-state index is -4.63. The number of anilines is 3. The number of hydrogen-bond donors (Lipinski definition) is 4. The predicted octanol–water partition coefficient (Wildman–Crippen LogP) is 3.85. The summed E-state index contributed by atoms with van der Waals surface area (Å²) in [4.78, 5) is 15.7. The number of halogens is 4. The van der Waals surface area contributed by atoms with Crippen LogP contribution in [0.25, 0.3) is 0 Å². The van der Waals surface area contributed by atoms with Crippen molar-refractivity contribution in [1.82, 2.24) is 5.43 Å². The van der Waals surface area contributed by atoms with Gasteiger partial charge < -0.3 is 5.32 Å². The van der Waals surface area contributed by atoms with Gasteiger partial charge >= 0.3 is 12.2 Å². The van der Waals surface area contributed by atoms with Crippen LogP contribution < -0.4 is 27.0 Å². The van der Waals surface area contributed by atoms with E-state index in [-0.39, 0.29) is 5.69 Å². The van der Waals surface area contributed by atoms with Crippen molar-refractivity contribution < 1.29 is 18.0 Å². The number of nitrogens with two attached hydrogens (primary N) is 1. The number of nitrogens with zero attached hydrogens (tertiary/aromatic N) is 2. The van der Waals surface area contributed by atoms with Crippen molar-refractivity contribution in [2.75, 3.05) is 22.8 Å². The van der Waals surface area contributed by atoms with Crippen molar-refractivity contribution in [2.45, 2.75) is 6.18 Å². The summed E-state index contributed by atoms with van der Waals surface area (Å²) < 4.78 is 38.5. The number of hydrazine groups is 2. The zero-order chi connectivity index (χ0) is 20.0. The molecule has 0 atom stereocenters. The van der Waals surface area contributed by atoms with Crippen LogP contribution >= 0.6 is 11.6 Å². The molecule has 0 bridgehead atoms. The molecule has 0 unspecified atom stereocenters. The highest BCUT2D eigenvalue weighted by Crippen LogP contribution is 2.36. The normalized spacial score (nSPS) is 11.3. The van der Waals surface area contributed by atoms with E-state index < -0.39 is 22.8 Å². The van der Waals surface area contributed by atoms with E-state index in [2.05, 4.69) is 21.2 Å². The first-order chi connectivity index (χ1) is 12.7. The first kappa shape index (κ1) is 20.3. The molecule has 0 aliphatic rings. The molecule has 0 radical (unpaired) electrons. The number of alkyl halides is 3. The number of hydrogen-bond acceptors (Lipinski definition) is 4. The summed E-state index contributed by atoms with van der Waals surface area (Å²) in [7, 11) is 1.56. The van der Waals surface area contributed by atoms with Crippen molar-refractivity contribution in [3.8, 4) is 0 Å². The molecular weight excluding hydrogens is 385 g/mol. The van der Waals surface area contributed by atoms with Crippen LogP contribution in [0, 0.1) is 0 Å². The van der Waals surface area contributed by atoms with Gasteiger partial charge in [-0.2, -0.15) is 13.2 Å². The summed E-state index contributed by atoms with van der Waals surface area (Å²) in [5.41, 5.74) is 4.92. The number of rotatable bonds is 5. The van der Waals surface area contributed by atoms with Gasteiger partial charge in [0.1, 0.15) is 6.34 Å². The Kier molecular flexibility index (Phi) is 6.48. The van der Waals surface area contributed by atoms with E-state index in [0.29, 0.717) is 11.4 Å². The maximum absolute atomic E-state index is 12.8. The quantitative estimate of drug-likeness (QED) is 0.265. The first-order valence-electron chi connectivity index (χ1n) is 7.46. The number of aliphatic imine (C=N–C) groups is 1. The summed E-state index contributed by atoms with van der Waals surface area (Å²) in [6.45, 7) is 0. The van der Waals surface area contributed by atoms with Crippen molar-refractivity contribution in [3.63, 3.8) is 0 Å². The standard InChI is InChI=1S/C16H16ClF3N6O/c1-22-9-26(21)12-4-2-3-11(7-12)24-25-15(27)23-10-5-6-14(17)13(8-10)16(18,19)20/h2-9,24H,21H2,1H3,(H2,23,25,27)/b22-9-. The van der Waals surface area contributed by atoms with Gasteiger partial charge in [-0.15, -0.1) is 0 Å². The molecule has 0 spiro atoms. The van der Waals surface area contributed by atoms with Gasteiger partial charge in [-0.05, 0) is 36.4 Å². The lowest BCUT2D eigenvalue weighted by molar-refractivity contribution is -0.137. The summed E-state index contributed by atoms with van der Waals surface area (Å²) in [5.74, 6) is 5.75. The van der Waals surface area contributed by atoms with Gasteiger partial charge in [-0.25, -0.2) is 10.6 Å². The average molecular weight is 401 g/mol. The zero-order valence-electron chi connectivity index (χ0n) is 14.0. The van der Waals surface area contributed by atoms with Crippen LogP contribution in [0.4, 0.5) is 35.0 Å². The molecule has 0 saturated heterocycles. The first-order valence-corrected chi connectivity index (χ1v) is 7.84. The van der Waals surface area contributed by atoms with E-state index in [4.69, 9.17) is 17.4 Å². The fraction of sp³-hybridized carbons (Fsp3) is 0.125. The molecule has 5 N–H and O–H groups in total. The molecule has 2 amide bonds. The molecule has 7 nitrogen and oxygen atoms in total. The lowest BCUT2D eigenvalue weighted by atomic mass is 10.2. The van der Waals surface area contributed by atoms with Gasteiger partial charge in [0, 0.05) is 12.7 Å². The number of benzene rings is 2. The number of carbonyl (C=O) groups is 1. The van der Waals surface area contributed by atoms with Gasteiger partial charge in [-0.1, -0.05) is 17.7 Å². The van der Waals surface area contributed by atoms with Gasteiger partial charge in [0.15, 0.2) is 0 Å². The summed E-state index contributed by atoms with van der Waals surface area (Å²) in [6.07, 6.45) is -3.22. The fourth-order valence-electron chi connectivity index (χ4n) is 2.05. The van der Waals surface area contributed by atoms with E-state index >= 15 is 0 Å². The second-order valence-corrected chi connectivity index (χ2v) is 5.63. The maximum Gasteiger partial charge on any atom is 0.417 e. The Morgan fingerprint density at radius 2 is 1.96 bits per heavy atom. The molecule has 11 heteroatoms. The number of nitrogens with one attached hydrogen (secondary N) is 3. The minimum absolute atomic E-state index is 0.0629. The molecule has 0 aliphatic heterocycles. The molecule has 2 rings (SSSR count). The van der Waals surface area contributed by atoms with Crippen LogP contribution in [-0.2, 0) is 6.18 Å². The van der Waals surface area contributed by atoms with Gasteiger partial charge in [-0.3, -0.25) is 20.9 Å².